The topological polar surface area (TPSA) is 103 Å². The summed E-state index contributed by atoms with van der Waals surface area (Å²) in [5.74, 6) is -0.403. The smallest absolute Gasteiger partial charge is 0.338 e. The lowest BCUT2D eigenvalue weighted by Crippen LogP contribution is -2.43. The highest BCUT2D eigenvalue weighted by molar-refractivity contribution is 6.06. The third-order valence-electron chi connectivity index (χ3n) is 3.70. The first-order valence-corrected chi connectivity index (χ1v) is 6.70. The van der Waals surface area contributed by atoms with Gasteiger partial charge in [-0.05, 0) is 19.8 Å². The number of aromatic nitrogens is 3. The second-order valence-corrected chi connectivity index (χ2v) is 5.18. The molecule has 20 heavy (non-hydrogen) atoms. The van der Waals surface area contributed by atoms with Crippen LogP contribution >= 0.6 is 0 Å². The molecule has 4 N–H and O–H groups in total. The number of rotatable bonds is 3. The van der Waals surface area contributed by atoms with Crippen LogP contribution in [0.25, 0.3) is 11.0 Å². The average molecular weight is 275 g/mol. The molecule has 2 atom stereocenters. The third-order valence-corrected chi connectivity index (χ3v) is 3.70. The van der Waals surface area contributed by atoms with E-state index in [2.05, 4.69) is 32.5 Å². The molecule has 0 bridgehead atoms. The molecule has 3 heterocycles. The molecule has 7 heteroatoms. The normalized spacial score (nSPS) is 22.9. The number of piperidine rings is 1. The van der Waals surface area contributed by atoms with E-state index in [9.17, 15) is 9.90 Å². The van der Waals surface area contributed by atoms with E-state index in [4.69, 9.17) is 0 Å². The Bertz CT molecular complexity index is 631. The van der Waals surface area contributed by atoms with Crippen molar-refractivity contribution < 1.29 is 9.90 Å². The Labute approximate surface area is 115 Å². The summed E-state index contributed by atoms with van der Waals surface area (Å²) in [6.07, 6.45) is 5.01. The summed E-state index contributed by atoms with van der Waals surface area (Å²) in [6, 6.07) is 0.779. The predicted octanol–water partition coefficient (Wildman–Crippen LogP) is 1.21. The van der Waals surface area contributed by atoms with Gasteiger partial charge in [0.1, 0.15) is 17.8 Å². The lowest BCUT2D eigenvalue weighted by atomic mass is 10.0. The number of H-pyrrole nitrogens is 1. The van der Waals surface area contributed by atoms with Gasteiger partial charge in [-0.1, -0.05) is 0 Å². The van der Waals surface area contributed by atoms with Gasteiger partial charge >= 0.3 is 5.97 Å². The highest BCUT2D eigenvalue weighted by atomic mass is 16.4. The summed E-state index contributed by atoms with van der Waals surface area (Å²) in [4.78, 5) is 22.4. The number of carboxylic acid groups (broad SMARTS) is 1. The van der Waals surface area contributed by atoms with Gasteiger partial charge in [0, 0.05) is 24.8 Å². The highest BCUT2D eigenvalue weighted by Gasteiger charge is 2.21. The monoisotopic (exact) mass is 275 g/mol. The molecule has 7 nitrogen and oxygen atoms in total. The zero-order valence-corrected chi connectivity index (χ0v) is 11.2. The molecular formula is C13H17N5O2. The van der Waals surface area contributed by atoms with Gasteiger partial charge in [-0.25, -0.2) is 14.8 Å². The van der Waals surface area contributed by atoms with Crippen molar-refractivity contribution in [2.24, 2.45) is 0 Å². The van der Waals surface area contributed by atoms with Gasteiger partial charge in [-0.3, -0.25) is 0 Å². The second-order valence-electron chi connectivity index (χ2n) is 5.18. The van der Waals surface area contributed by atoms with Crippen LogP contribution in [0, 0.1) is 0 Å². The van der Waals surface area contributed by atoms with Crippen LogP contribution in [0.3, 0.4) is 0 Å². The van der Waals surface area contributed by atoms with E-state index in [-0.39, 0.29) is 11.6 Å². The molecule has 2 aromatic heterocycles. The summed E-state index contributed by atoms with van der Waals surface area (Å²) in [5.41, 5.74) is 0.734. The van der Waals surface area contributed by atoms with Gasteiger partial charge in [0.05, 0.1) is 10.9 Å². The minimum absolute atomic E-state index is 0.195. The van der Waals surface area contributed by atoms with Crippen molar-refractivity contribution >= 4 is 22.8 Å². The number of aromatic amines is 1. The van der Waals surface area contributed by atoms with E-state index < -0.39 is 5.97 Å². The summed E-state index contributed by atoms with van der Waals surface area (Å²) in [5, 5.41) is 16.5. The molecule has 0 radical (unpaired) electrons. The van der Waals surface area contributed by atoms with Crippen molar-refractivity contribution in [3.8, 4) is 0 Å². The molecule has 2 aromatic rings. The van der Waals surface area contributed by atoms with Crippen LogP contribution in [0.5, 0.6) is 0 Å². The Kier molecular flexibility index (Phi) is 3.27. The number of nitrogens with one attached hydrogen (secondary N) is 3. The molecule has 0 aromatic carbocycles. The maximum atomic E-state index is 11.2. The molecule has 0 saturated carbocycles. The molecule has 1 fully saturated rings. The number of anilines is 1. The van der Waals surface area contributed by atoms with Crippen LogP contribution in [-0.2, 0) is 0 Å². The minimum atomic E-state index is -0.982. The van der Waals surface area contributed by atoms with Crippen molar-refractivity contribution in [3.63, 3.8) is 0 Å². The Morgan fingerprint density at radius 3 is 3.00 bits per heavy atom. The maximum absolute atomic E-state index is 11.2. The lowest BCUT2D eigenvalue weighted by molar-refractivity contribution is 0.0699. The molecular weight excluding hydrogens is 258 g/mol. The Morgan fingerprint density at radius 1 is 1.45 bits per heavy atom. The zero-order chi connectivity index (χ0) is 14.1. The number of hydrogen-bond donors (Lipinski definition) is 4. The lowest BCUT2D eigenvalue weighted by Gasteiger charge is -2.28. The fourth-order valence-electron chi connectivity index (χ4n) is 2.56. The van der Waals surface area contributed by atoms with E-state index in [1.807, 2.05) is 0 Å². The standard InChI is InChI=1S/C13H17N5O2/c1-7-2-3-8(4-14-7)18-12-10-9(13(19)20)5-15-11(10)16-6-17-12/h5-8,14H,2-4H2,1H3,(H,19,20)(H2,15,16,17,18)/t7-,8+/m0/s1. The first-order valence-electron chi connectivity index (χ1n) is 6.70. The first-order chi connectivity index (χ1) is 9.65. The van der Waals surface area contributed by atoms with Crippen LogP contribution in [-0.4, -0.2) is 44.7 Å². The minimum Gasteiger partial charge on any atom is -0.478 e. The SMILES string of the molecule is C[C@H]1CC[C@@H](Nc2ncnc3[nH]cc(C(=O)O)c23)CN1. The van der Waals surface area contributed by atoms with Crippen LogP contribution in [0.15, 0.2) is 12.5 Å². The number of fused-ring (bicyclic) bond motifs is 1. The quantitative estimate of drug-likeness (QED) is 0.671. The molecule has 1 aliphatic heterocycles. The van der Waals surface area contributed by atoms with Gasteiger partial charge in [0.25, 0.3) is 0 Å². The summed E-state index contributed by atoms with van der Waals surface area (Å²) >= 11 is 0. The van der Waals surface area contributed by atoms with E-state index in [0.717, 1.165) is 19.4 Å². The molecule has 0 spiro atoms. The molecule has 1 saturated heterocycles. The van der Waals surface area contributed by atoms with Crippen molar-refractivity contribution in [1.29, 1.82) is 0 Å². The van der Waals surface area contributed by atoms with Crippen LogP contribution in [0.2, 0.25) is 0 Å². The fraction of sp³-hybridized carbons (Fsp3) is 0.462. The van der Waals surface area contributed by atoms with Gasteiger partial charge in [0.15, 0.2) is 0 Å². The number of aromatic carboxylic acids is 1. The molecule has 1 aliphatic rings. The summed E-state index contributed by atoms with van der Waals surface area (Å²) in [6.45, 7) is 3.01. The number of carbonyl (C=O) groups is 1. The van der Waals surface area contributed by atoms with Crippen molar-refractivity contribution in [2.45, 2.75) is 31.8 Å². The van der Waals surface area contributed by atoms with Gasteiger partial charge < -0.3 is 20.7 Å². The van der Waals surface area contributed by atoms with Gasteiger partial charge in [-0.15, -0.1) is 0 Å². The molecule has 106 valence electrons. The number of hydrogen-bond acceptors (Lipinski definition) is 5. The third kappa shape index (κ3) is 2.32. The molecule has 3 rings (SSSR count). The molecule has 0 aliphatic carbocycles. The molecule has 0 amide bonds. The second kappa shape index (κ2) is 5.09. The zero-order valence-electron chi connectivity index (χ0n) is 11.2. The number of nitrogens with zero attached hydrogens (tertiary/aromatic N) is 2. The fourth-order valence-corrected chi connectivity index (χ4v) is 2.56. The van der Waals surface area contributed by atoms with Crippen LogP contribution in [0.4, 0.5) is 5.82 Å². The largest absolute Gasteiger partial charge is 0.478 e. The highest BCUT2D eigenvalue weighted by Crippen LogP contribution is 2.24. The van der Waals surface area contributed by atoms with Crippen LogP contribution in [0.1, 0.15) is 30.1 Å². The van der Waals surface area contributed by atoms with Crippen LogP contribution < -0.4 is 10.6 Å². The Balaban J connectivity index is 1.91. The first kappa shape index (κ1) is 12.9. The van der Waals surface area contributed by atoms with E-state index in [0.29, 0.717) is 22.9 Å². The van der Waals surface area contributed by atoms with E-state index in [1.165, 1.54) is 12.5 Å². The van der Waals surface area contributed by atoms with Crippen molar-refractivity contribution in [2.75, 3.05) is 11.9 Å². The van der Waals surface area contributed by atoms with Crippen molar-refractivity contribution in [3.05, 3.63) is 18.1 Å². The Hall–Kier alpha value is -2.15. The maximum Gasteiger partial charge on any atom is 0.338 e. The number of carboxylic acids is 1. The Morgan fingerprint density at radius 2 is 2.30 bits per heavy atom. The molecule has 0 unspecified atom stereocenters. The summed E-state index contributed by atoms with van der Waals surface area (Å²) in [7, 11) is 0. The van der Waals surface area contributed by atoms with E-state index >= 15 is 0 Å². The van der Waals surface area contributed by atoms with E-state index in [1.54, 1.807) is 0 Å². The van der Waals surface area contributed by atoms with Gasteiger partial charge in [0.2, 0.25) is 0 Å². The summed E-state index contributed by atoms with van der Waals surface area (Å²) < 4.78 is 0. The average Bonchev–Trinajstić information content (AvgIpc) is 2.86. The van der Waals surface area contributed by atoms with Crippen molar-refractivity contribution in [1.82, 2.24) is 20.3 Å². The predicted molar refractivity (Wildman–Crippen MR) is 75.0 cm³/mol. The van der Waals surface area contributed by atoms with Gasteiger partial charge in [-0.2, -0.15) is 0 Å².